The summed E-state index contributed by atoms with van der Waals surface area (Å²) in [5, 5.41) is -1.30. The number of carbonyl (C=O) groups excluding carboxylic acids is 3. The number of carbonyl (C=O) groups is 3. The average Bonchev–Trinajstić information content (AvgIpc) is 2.84. The van der Waals surface area contributed by atoms with Crippen LogP contribution in [0.3, 0.4) is 0 Å². The molecule has 1 aliphatic rings. The van der Waals surface area contributed by atoms with Crippen molar-refractivity contribution in [3.05, 3.63) is 58.6 Å². The predicted molar refractivity (Wildman–Crippen MR) is 103 cm³/mol. The number of thioether (sulfide) groups is 1. The van der Waals surface area contributed by atoms with Gasteiger partial charge in [-0.15, -0.1) is 0 Å². The molecular formula is C18H15BrN2O3S. The lowest BCUT2D eigenvalue weighted by atomic mass is 10.2. The van der Waals surface area contributed by atoms with Crippen molar-refractivity contribution in [3.63, 3.8) is 0 Å². The summed E-state index contributed by atoms with van der Waals surface area (Å²) in [6.07, 6.45) is 0. The van der Waals surface area contributed by atoms with Gasteiger partial charge in [0.05, 0.1) is 5.69 Å². The molecule has 7 heteroatoms. The van der Waals surface area contributed by atoms with Gasteiger partial charge >= 0.3 is 0 Å². The molecule has 0 unspecified atom stereocenters. The lowest BCUT2D eigenvalue weighted by Gasteiger charge is -2.25. The van der Waals surface area contributed by atoms with Gasteiger partial charge in [-0.2, -0.15) is 0 Å². The molecule has 3 amide bonds. The first kappa shape index (κ1) is 17.7. The number of rotatable bonds is 3. The molecule has 2 aromatic rings. The summed E-state index contributed by atoms with van der Waals surface area (Å²) in [6.45, 7) is 3.28. The van der Waals surface area contributed by atoms with Gasteiger partial charge in [0.1, 0.15) is 0 Å². The van der Waals surface area contributed by atoms with E-state index in [2.05, 4.69) is 15.9 Å². The van der Waals surface area contributed by atoms with Gasteiger partial charge < -0.3 is 0 Å². The van der Waals surface area contributed by atoms with Crippen LogP contribution in [0.4, 0.5) is 16.2 Å². The minimum absolute atomic E-state index is 0.299. The fourth-order valence-electron chi connectivity index (χ4n) is 2.65. The Labute approximate surface area is 158 Å². The van der Waals surface area contributed by atoms with Crippen LogP contribution in [-0.4, -0.2) is 22.4 Å². The fourth-order valence-corrected chi connectivity index (χ4v) is 3.98. The molecule has 1 heterocycles. The molecule has 0 bridgehead atoms. The molecule has 0 aliphatic carbocycles. The van der Waals surface area contributed by atoms with Crippen molar-refractivity contribution in [2.45, 2.75) is 19.2 Å². The average molecular weight is 419 g/mol. The fraction of sp³-hybridized carbons (Fsp3) is 0.167. The van der Waals surface area contributed by atoms with Crippen LogP contribution < -0.4 is 9.80 Å². The van der Waals surface area contributed by atoms with Crippen molar-refractivity contribution < 1.29 is 14.4 Å². The summed E-state index contributed by atoms with van der Waals surface area (Å²) in [4.78, 5) is 40.0. The van der Waals surface area contributed by atoms with Gasteiger partial charge in [0, 0.05) is 17.1 Å². The quantitative estimate of drug-likeness (QED) is 0.743. The van der Waals surface area contributed by atoms with Crippen molar-refractivity contribution in [1.82, 2.24) is 0 Å². The minimum atomic E-state index is -0.910. The number of hydrogen-bond acceptors (Lipinski definition) is 4. The highest BCUT2D eigenvalue weighted by Crippen LogP contribution is 2.36. The van der Waals surface area contributed by atoms with E-state index in [9.17, 15) is 14.4 Å². The van der Waals surface area contributed by atoms with Crippen LogP contribution in [0.2, 0.25) is 0 Å². The van der Waals surface area contributed by atoms with E-state index in [1.54, 1.807) is 42.5 Å². The molecule has 3 rings (SSSR count). The Kier molecular flexibility index (Phi) is 4.96. The Morgan fingerprint density at radius 2 is 1.84 bits per heavy atom. The number of imide groups is 1. The summed E-state index contributed by atoms with van der Waals surface area (Å²) in [5.74, 6) is -0.717. The standard InChI is InChI=1S/C18H15BrN2O3S/c1-11-4-3-5-15(10-11)21-16(23)17(25-18(21)24)20(12(2)22)14-8-6-13(19)7-9-14/h3-10,17H,1-2H3/t17-/m1/s1. The third-order valence-electron chi connectivity index (χ3n) is 3.77. The Bertz CT molecular complexity index is 854. The highest BCUT2D eigenvalue weighted by molar-refractivity contribution is 9.10. The third-order valence-corrected chi connectivity index (χ3v) is 5.31. The lowest BCUT2D eigenvalue weighted by Crippen LogP contribution is -2.44. The van der Waals surface area contributed by atoms with Gasteiger partial charge in [-0.05, 0) is 60.6 Å². The van der Waals surface area contributed by atoms with Crippen LogP contribution in [0.1, 0.15) is 12.5 Å². The molecule has 0 saturated carbocycles. The Balaban J connectivity index is 1.96. The molecule has 2 aromatic carbocycles. The largest absolute Gasteiger partial charge is 0.295 e. The number of nitrogens with zero attached hydrogens (tertiary/aromatic N) is 2. The molecule has 25 heavy (non-hydrogen) atoms. The van der Waals surface area contributed by atoms with Gasteiger partial charge in [0.2, 0.25) is 5.91 Å². The Morgan fingerprint density at radius 3 is 2.44 bits per heavy atom. The van der Waals surface area contributed by atoms with E-state index in [1.165, 1.54) is 11.8 Å². The summed E-state index contributed by atoms with van der Waals surface area (Å²) >= 11 is 4.19. The maximum absolute atomic E-state index is 12.9. The van der Waals surface area contributed by atoms with Crippen LogP contribution in [0, 0.1) is 6.92 Å². The second-order valence-electron chi connectivity index (χ2n) is 5.61. The first-order chi connectivity index (χ1) is 11.9. The number of benzene rings is 2. The molecule has 128 valence electrons. The number of aryl methyl sites for hydroxylation is 1. The molecule has 5 nitrogen and oxygen atoms in total. The van der Waals surface area contributed by atoms with Crippen LogP contribution in [0.5, 0.6) is 0 Å². The molecule has 0 aromatic heterocycles. The predicted octanol–water partition coefficient (Wildman–Crippen LogP) is 4.34. The summed E-state index contributed by atoms with van der Waals surface area (Å²) in [6, 6.07) is 14.2. The third kappa shape index (κ3) is 3.48. The van der Waals surface area contributed by atoms with Crippen molar-refractivity contribution in [1.29, 1.82) is 0 Å². The zero-order valence-corrected chi connectivity index (χ0v) is 16.0. The summed E-state index contributed by atoms with van der Waals surface area (Å²) < 4.78 is 0.864. The van der Waals surface area contributed by atoms with E-state index in [0.717, 1.165) is 26.7 Å². The first-order valence-corrected chi connectivity index (χ1v) is 9.22. The highest BCUT2D eigenvalue weighted by Gasteiger charge is 2.45. The van der Waals surface area contributed by atoms with Gasteiger partial charge in [0.25, 0.3) is 11.1 Å². The minimum Gasteiger partial charge on any atom is -0.290 e. The van der Waals surface area contributed by atoms with E-state index in [-0.39, 0.29) is 11.1 Å². The smallest absolute Gasteiger partial charge is 0.290 e. The second kappa shape index (κ2) is 7.01. The Hall–Kier alpha value is -2.12. The molecule has 0 spiro atoms. The monoisotopic (exact) mass is 418 g/mol. The lowest BCUT2D eigenvalue weighted by molar-refractivity contribution is -0.121. The second-order valence-corrected chi connectivity index (χ2v) is 7.56. The molecule has 0 radical (unpaired) electrons. The number of hydrogen-bond donors (Lipinski definition) is 0. The molecule has 1 saturated heterocycles. The molecule has 1 atom stereocenters. The van der Waals surface area contributed by atoms with Crippen LogP contribution in [-0.2, 0) is 9.59 Å². The molecular weight excluding hydrogens is 404 g/mol. The topological polar surface area (TPSA) is 57.7 Å². The van der Waals surface area contributed by atoms with E-state index in [0.29, 0.717) is 11.4 Å². The van der Waals surface area contributed by atoms with Crippen molar-refractivity contribution in [2.24, 2.45) is 0 Å². The maximum Gasteiger partial charge on any atom is 0.295 e. The number of amides is 3. The van der Waals surface area contributed by atoms with Gasteiger partial charge in [-0.25, -0.2) is 4.90 Å². The van der Waals surface area contributed by atoms with Crippen LogP contribution >= 0.6 is 27.7 Å². The van der Waals surface area contributed by atoms with Gasteiger partial charge in [0.15, 0.2) is 5.37 Å². The normalized spacial score (nSPS) is 17.1. The molecule has 1 aliphatic heterocycles. The zero-order chi connectivity index (χ0) is 18.1. The van der Waals surface area contributed by atoms with Crippen molar-refractivity contribution >= 4 is 56.1 Å². The van der Waals surface area contributed by atoms with Crippen LogP contribution in [0.25, 0.3) is 0 Å². The van der Waals surface area contributed by atoms with E-state index in [1.807, 2.05) is 13.0 Å². The van der Waals surface area contributed by atoms with Gasteiger partial charge in [-0.1, -0.05) is 28.1 Å². The molecule has 1 fully saturated rings. The van der Waals surface area contributed by atoms with Crippen molar-refractivity contribution in [3.8, 4) is 0 Å². The SMILES string of the molecule is CC(=O)N(c1ccc(Br)cc1)[C@@H]1SC(=O)N(c2cccc(C)c2)C1=O. The summed E-state index contributed by atoms with van der Waals surface area (Å²) in [5.41, 5.74) is 2.03. The van der Waals surface area contributed by atoms with E-state index >= 15 is 0 Å². The first-order valence-electron chi connectivity index (χ1n) is 7.55. The maximum atomic E-state index is 12.9. The highest BCUT2D eigenvalue weighted by atomic mass is 79.9. The number of halogens is 1. The zero-order valence-electron chi connectivity index (χ0n) is 13.6. The van der Waals surface area contributed by atoms with Gasteiger partial charge in [-0.3, -0.25) is 19.3 Å². The Morgan fingerprint density at radius 1 is 1.16 bits per heavy atom. The van der Waals surface area contributed by atoms with Crippen LogP contribution in [0.15, 0.2) is 53.0 Å². The van der Waals surface area contributed by atoms with E-state index in [4.69, 9.17) is 0 Å². The molecule has 0 N–H and O–H groups in total. The van der Waals surface area contributed by atoms with E-state index < -0.39 is 11.3 Å². The number of anilines is 2. The summed E-state index contributed by atoms with van der Waals surface area (Å²) in [7, 11) is 0. The van der Waals surface area contributed by atoms with Crippen molar-refractivity contribution in [2.75, 3.05) is 9.80 Å².